The van der Waals surface area contributed by atoms with Gasteiger partial charge in [-0.15, -0.1) is 0 Å². The number of hydrazone groups is 1. The van der Waals surface area contributed by atoms with Crippen molar-refractivity contribution in [3.05, 3.63) is 74.4 Å². The molecule has 3 aliphatic rings. The lowest BCUT2D eigenvalue weighted by Crippen LogP contribution is -2.56. The molecule has 4 nitrogen and oxygen atoms in total. The Kier molecular flexibility index (Phi) is 4.37. The largest absolute Gasteiger partial charge is 0.512 e. The van der Waals surface area contributed by atoms with Gasteiger partial charge in [-0.3, -0.25) is 0 Å². The molecule has 0 fully saturated rings. The Morgan fingerprint density at radius 2 is 1.83 bits per heavy atom. The summed E-state index contributed by atoms with van der Waals surface area (Å²) in [6.07, 6.45) is 4.07. The molecule has 0 bridgehead atoms. The number of rotatable bonds is 1. The highest BCUT2D eigenvalue weighted by molar-refractivity contribution is 9.10. The molecule has 2 heterocycles. The van der Waals surface area contributed by atoms with Crippen LogP contribution >= 0.6 is 31.9 Å². The Morgan fingerprint density at radius 1 is 1.10 bits per heavy atom. The number of aliphatic hydroxyl groups is 1. The summed E-state index contributed by atoms with van der Waals surface area (Å²) in [7, 11) is 0. The molecule has 0 saturated heterocycles. The molecule has 1 spiro atoms. The topological polar surface area (TPSA) is 45.1 Å². The summed E-state index contributed by atoms with van der Waals surface area (Å²) < 4.78 is 8.67. The van der Waals surface area contributed by atoms with Crippen molar-refractivity contribution in [1.82, 2.24) is 5.01 Å². The minimum absolute atomic E-state index is 0.0628. The Bertz CT molecular complexity index is 1050. The number of hydrogen-bond acceptors (Lipinski definition) is 4. The van der Waals surface area contributed by atoms with Gasteiger partial charge in [-0.25, -0.2) is 5.01 Å². The third-order valence-corrected chi connectivity index (χ3v) is 6.90. The molecule has 0 radical (unpaired) electrons. The van der Waals surface area contributed by atoms with Crippen LogP contribution in [0.15, 0.2) is 68.3 Å². The molecule has 6 heteroatoms. The second-order valence-corrected chi connectivity index (χ2v) is 10.7. The average molecular weight is 518 g/mol. The lowest BCUT2D eigenvalue weighted by atomic mass is 9.75. The smallest absolute Gasteiger partial charge is 0.221 e. The molecule has 29 heavy (non-hydrogen) atoms. The van der Waals surface area contributed by atoms with Crippen LogP contribution in [0.4, 0.5) is 0 Å². The zero-order chi connectivity index (χ0) is 20.4. The van der Waals surface area contributed by atoms with Crippen molar-refractivity contribution < 1.29 is 9.84 Å². The summed E-state index contributed by atoms with van der Waals surface area (Å²) in [6.45, 7) is 4.34. The zero-order valence-electron chi connectivity index (χ0n) is 16.3. The lowest BCUT2D eigenvalue weighted by molar-refractivity contribution is -0.115. The number of nitrogens with zero attached hydrogens (tertiary/aromatic N) is 2. The number of fused-ring (bicyclic) bond motifs is 4. The molecule has 0 saturated carbocycles. The minimum atomic E-state index is -0.783. The van der Waals surface area contributed by atoms with E-state index in [1.165, 1.54) is 0 Å². The van der Waals surface area contributed by atoms with Crippen LogP contribution in [-0.2, 0) is 0 Å². The van der Waals surface area contributed by atoms with Crippen molar-refractivity contribution in [3.8, 4) is 5.75 Å². The summed E-state index contributed by atoms with van der Waals surface area (Å²) in [5.74, 6) is 1.23. The number of halogens is 2. The fraction of sp³-hybridized carbons (Fsp3) is 0.348. The number of allylic oxidation sites excluding steroid dienone is 1. The van der Waals surface area contributed by atoms with Crippen molar-refractivity contribution in [3.63, 3.8) is 0 Å². The van der Waals surface area contributed by atoms with Gasteiger partial charge in [0.05, 0.1) is 17.5 Å². The van der Waals surface area contributed by atoms with E-state index >= 15 is 0 Å². The van der Waals surface area contributed by atoms with Crippen LogP contribution in [-0.4, -0.2) is 21.6 Å². The first-order valence-electron chi connectivity index (χ1n) is 9.77. The monoisotopic (exact) mass is 516 g/mol. The Morgan fingerprint density at radius 3 is 2.55 bits per heavy atom. The fourth-order valence-electron chi connectivity index (χ4n) is 4.84. The van der Waals surface area contributed by atoms with Gasteiger partial charge in [-0.1, -0.05) is 57.8 Å². The molecule has 1 N–H and O–H groups in total. The first-order valence-corrected chi connectivity index (χ1v) is 11.4. The normalized spacial score (nSPS) is 27.0. The van der Waals surface area contributed by atoms with Gasteiger partial charge in [-0.05, 0) is 41.3 Å². The molecule has 150 valence electrons. The SMILES string of the molecule is CC1(C)CC(O)=CC2(C1)Oc1ccc(Br)cc1C1CC(c3ccc(Br)cc3)=NN12. The van der Waals surface area contributed by atoms with Gasteiger partial charge in [-0.2, -0.15) is 5.10 Å². The molecule has 2 atom stereocenters. The van der Waals surface area contributed by atoms with E-state index in [-0.39, 0.29) is 11.5 Å². The van der Waals surface area contributed by atoms with Crippen molar-refractivity contribution in [2.24, 2.45) is 10.5 Å². The van der Waals surface area contributed by atoms with Gasteiger partial charge < -0.3 is 9.84 Å². The maximum Gasteiger partial charge on any atom is 0.221 e. The average Bonchev–Trinajstić information content (AvgIpc) is 3.08. The molecule has 2 unspecified atom stereocenters. The fourth-order valence-corrected chi connectivity index (χ4v) is 5.48. The first kappa shape index (κ1) is 19.2. The molecular formula is C23H22Br2N2O2. The molecule has 2 aliphatic heterocycles. The van der Waals surface area contributed by atoms with Crippen LogP contribution in [0.3, 0.4) is 0 Å². The molecular weight excluding hydrogens is 496 g/mol. The van der Waals surface area contributed by atoms with Gasteiger partial charge in [0.2, 0.25) is 5.72 Å². The van der Waals surface area contributed by atoms with Crippen LogP contribution in [0.1, 0.15) is 50.3 Å². The highest BCUT2D eigenvalue weighted by atomic mass is 79.9. The Labute approximate surface area is 187 Å². The summed E-state index contributed by atoms with van der Waals surface area (Å²) >= 11 is 7.11. The Hall–Kier alpha value is -1.79. The van der Waals surface area contributed by atoms with E-state index in [1.807, 2.05) is 30.3 Å². The number of benzene rings is 2. The van der Waals surface area contributed by atoms with Crippen molar-refractivity contribution in [2.45, 2.75) is 44.9 Å². The molecule has 0 amide bonds. The second-order valence-electron chi connectivity index (χ2n) is 8.90. The highest BCUT2D eigenvalue weighted by Crippen LogP contribution is 2.53. The Balaban J connectivity index is 1.66. The quantitative estimate of drug-likeness (QED) is 0.457. The zero-order valence-corrected chi connectivity index (χ0v) is 19.5. The van der Waals surface area contributed by atoms with Gasteiger partial charge in [0.15, 0.2) is 0 Å². The van der Waals surface area contributed by atoms with Crippen LogP contribution < -0.4 is 4.74 Å². The predicted octanol–water partition coefficient (Wildman–Crippen LogP) is 6.71. The van der Waals surface area contributed by atoms with E-state index in [2.05, 4.69) is 68.9 Å². The molecule has 2 aromatic rings. The van der Waals surface area contributed by atoms with Gasteiger partial charge >= 0.3 is 0 Å². The van der Waals surface area contributed by atoms with E-state index in [0.29, 0.717) is 12.2 Å². The lowest BCUT2D eigenvalue weighted by Gasteiger charge is -2.50. The van der Waals surface area contributed by atoms with Crippen LogP contribution in [0.5, 0.6) is 5.75 Å². The number of ether oxygens (including phenoxy) is 1. The third kappa shape index (κ3) is 3.30. The summed E-state index contributed by atoms with van der Waals surface area (Å²) in [5, 5.41) is 17.7. The van der Waals surface area contributed by atoms with E-state index in [9.17, 15) is 5.11 Å². The van der Waals surface area contributed by atoms with Crippen molar-refractivity contribution in [1.29, 1.82) is 0 Å². The molecule has 1 aliphatic carbocycles. The minimum Gasteiger partial charge on any atom is -0.512 e. The van der Waals surface area contributed by atoms with Gasteiger partial charge in [0.25, 0.3) is 0 Å². The van der Waals surface area contributed by atoms with Gasteiger partial charge in [0.1, 0.15) is 5.75 Å². The van der Waals surface area contributed by atoms with E-state index in [0.717, 1.165) is 44.4 Å². The highest BCUT2D eigenvalue weighted by Gasteiger charge is 2.53. The van der Waals surface area contributed by atoms with E-state index < -0.39 is 5.72 Å². The number of hydrogen-bond donors (Lipinski definition) is 1. The summed E-state index contributed by atoms with van der Waals surface area (Å²) in [6, 6.07) is 14.5. The summed E-state index contributed by atoms with van der Waals surface area (Å²) in [5.41, 5.74) is 2.39. The van der Waals surface area contributed by atoms with E-state index in [1.54, 1.807) is 0 Å². The number of aliphatic hydroxyl groups excluding tert-OH is 1. The van der Waals surface area contributed by atoms with Crippen molar-refractivity contribution >= 4 is 37.6 Å². The molecule has 2 aromatic carbocycles. The van der Waals surface area contributed by atoms with Crippen LogP contribution in [0.25, 0.3) is 0 Å². The predicted molar refractivity (Wildman–Crippen MR) is 121 cm³/mol. The van der Waals surface area contributed by atoms with Crippen LogP contribution in [0, 0.1) is 5.41 Å². The van der Waals surface area contributed by atoms with Crippen molar-refractivity contribution in [2.75, 3.05) is 0 Å². The standard InChI is InChI=1S/C23H22Br2N2O2/c1-22(2)11-17(28)12-23(13-22)27-20(18-9-16(25)7-8-21(18)29-23)10-19(26-27)14-3-5-15(24)6-4-14/h3-9,12,20,28H,10-11,13H2,1-2H3. The van der Waals surface area contributed by atoms with Crippen LogP contribution in [0.2, 0.25) is 0 Å². The first-order chi connectivity index (χ1) is 13.7. The van der Waals surface area contributed by atoms with Gasteiger partial charge in [0, 0.05) is 39.8 Å². The maximum atomic E-state index is 10.6. The molecule has 5 rings (SSSR count). The summed E-state index contributed by atoms with van der Waals surface area (Å²) in [4.78, 5) is 0. The third-order valence-electron chi connectivity index (χ3n) is 5.88. The molecule has 0 aromatic heterocycles. The van der Waals surface area contributed by atoms with E-state index in [4.69, 9.17) is 9.84 Å². The maximum absolute atomic E-state index is 10.6. The second kappa shape index (κ2) is 6.61.